The second kappa shape index (κ2) is 8.59. The van der Waals surface area contributed by atoms with Crippen LogP contribution >= 0.6 is 0 Å². The number of nitrogens with zero attached hydrogens (tertiary/aromatic N) is 2. The molecule has 0 spiro atoms. The highest BCUT2D eigenvalue weighted by atomic mass is 16.6. The number of carbonyl (C=O) groups is 2. The van der Waals surface area contributed by atoms with Crippen molar-refractivity contribution in [2.75, 3.05) is 32.7 Å². The molecule has 0 aromatic heterocycles. The number of amides is 2. The lowest BCUT2D eigenvalue weighted by Crippen LogP contribution is -2.47. The molecule has 2 heterocycles. The molecule has 2 atom stereocenters. The molecule has 0 unspecified atom stereocenters. The Kier molecular flexibility index (Phi) is 6.94. The average Bonchev–Trinajstić information content (AvgIpc) is 2.97. The number of hydrogen-bond donors (Lipinski definition) is 1. The van der Waals surface area contributed by atoms with E-state index in [1.807, 2.05) is 27.7 Å². The number of carbonyl (C=O) groups excluding carboxylic acids is 2. The van der Waals surface area contributed by atoms with Crippen molar-refractivity contribution in [1.82, 2.24) is 15.1 Å². The van der Waals surface area contributed by atoms with E-state index in [9.17, 15) is 9.59 Å². The third-order valence-corrected chi connectivity index (χ3v) is 5.58. The molecule has 2 aliphatic rings. The lowest BCUT2D eigenvalue weighted by Gasteiger charge is -2.35. The molecule has 0 saturated carbocycles. The first-order chi connectivity index (χ1) is 12.1. The van der Waals surface area contributed by atoms with E-state index in [2.05, 4.69) is 17.1 Å². The Bertz CT molecular complexity index is 503. The van der Waals surface area contributed by atoms with Gasteiger partial charge in [-0.25, -0.2) is 4.79 Å². The van der Waals surface area contributed by atoms with Gasteiger partial charge >= 0.3 is 6.09 Å². The van der Waals surface area contributed by atoms with Crippen molar-refractivity contribution in [1.29, 1.82) is 0 Å². The second-order valence-corrected chi connectivity index (χ2v) is 9.06. The van der Waals surface area contributed by atoms with Crippen molar-refractivity contribution in [3.8, 4) is 0 Å². The van der Waals surface area contributed by atoms with Gasteiger partial charge in [0.05, 0.1) is 5.41 Å². The first-order valence-electron chi connectivity index (χ1n) is 10.1. The molecule has 2 rings (SSSR count). The van der Waals surface area contributed by atoms with Crippen LogP contribution in [0.15, 0.2) is 0 Å². The summed E-state index contributed by atoms with van der Waals surface area (Å²) in [5.41, 5.74) is -1.04. The van der Waals surface area contributed by atoms with E-state index < -0.39 is 11.0 Å². The number of likely N-dealkylation sites (tertiary alicyclic amines) is 2. The maximum atomic E-state index is 12.7. The normalized spacial score (nSPS) is 27.4. The third kappa shape index (κ3) is 5.60. The lowest BCUT2D eigenvalue weighted by molar-refractivity contribution is -0.129. The largest absolute Gasteiger partial charge is 0.444 e. The molecule has 6 nitrogen and oxygen atoms in total. The fraction of sp³-hybridized carbons (Fsp3) is 0.900. The van der Waals surface area contributed by atoms with E-state index in [1.54, 1.807) is 4.90 Å². The van der Waals surface area contributed by atoms with Crippen LogP contribution in [0.3, 0.4) is 0 Å². The Morgan fingerprint density at radius 3 is 2.62 bits per heavy atom. The number of rotatable bonds is 5. The van der Waals surface area contributed by atoms with Crippen molar-refractivity contribution in [3.05, 3.63) is 0 Å². The Morgan fingerprint density at radius 2 is 1.96 bits per heavy atom. The van der Waals surface area contributed by atoms with E-state index in [-0.39, 0.29) is 12.0 Å². The quantitative estimate of drug-likeness (QED) is 0.811. The van der Waals surface area contributed by atoms with Crippen molar-refractivity contribution >= 4 is 12.0 Å². The minimum absolute atomic E-state index is 0.0496. The highest BCUT2D eigenvalue weighted by Crippen LogP contribution is 2.31. The van der Waals surface area contributed by atoms with Crippen LogP contribution in [0.25, 0.3) is 0 Å². The van der Waals surface area contributed by atoms with E-state index in [4.69, 9.17) is 4.74 Å². The first-order valence-corrected chi connectivity index (χ1v) is 10.1. The van der Waals surface area contributed by atoms with Gasteiger partial charge in [-0.3, -0.25) is 9.69 Å². The summed E-state index contributed by atoms with van der Waals surface area (Å²) in [5, 5.41) is 3.11. The van der Waals surface area contributed by atoms with Gasteiger partial charge in [0, 0.05) is 32.2 Å². The molecule has 0 radical (unpaired) electrons. The number of nitrogens with one attached hydrogen (secondary N) is 1. The topological polar surface area (TPSA) is 61.9 Å². The summed E-state index contributed by atoms with van der Waals surface area (Å²) in [7, 11) is 0. The summed E-state index contributed by atoms with van der Waals surface area (Å²) in [6.45, 7) is 13.5. The monoisotopic (exact) mass is 367 g/mol. The van der Waals surface area contributed by atoms with Crippen molar-refractivity contribution < 1.29 is 14.3 Å². The van der Waals surface area contributed by atoms with E-state index in [0.717, 1.165) is 13.1 Å². The summed E-state index contributed by atoms with van der Waals surface area (Å²) in [4.78, 5) is 29.1. The summed E-state index contributed by atoms with van der Waals surface area (Å²) >= 11 is 0. The number of hydrogen-bond acceptors (Lipinski definition) is 4. The summed E-state index contributed by atoms with van der Waals surface area (Å²) < 4.78 is 5.43. The van der Waals surface area contributed by atoms with Crippen LogP contribution in [0.4, 0.5) is 4.79 Å². The van der Waals surface area contributed by atoms with Crippen LogP contribution in [-0.2, 0) is 9.53 Å². The maximum Gasteiger partial charge on any atom is 0.410 e. The van der Waals surface area contributed by atoms with Gasteiger partial charge in [0.15, 0.2) is 0 Å². The van der Waals surface area contributed by atoms with Gasteiger partial charge in [-0.1, -0.05) is 13.3 Å². The molecule has 2 amide bonds. The van der Waals surface area contributed by atoms with Crippen LogP contribution in [0.1, 0.15) is 66.7 Å². The molecule has 2 saturated heterocycles. The van der Waals surface area contributed by atoms with Gasteiger partial charge < -0.3 is 15.0 Å². The average molecular weight is 368 g/mol. The Hall–Kier alpha value is -1.30. The number of ether oxygens (including phenoxy) is 1. The van der Waals surface area contributed by atoms with Gasteiger partial charge in [-0.05, 0) is 59.9 Å². The molecule has 2 aliphatic heterocycles. The lowest BCUT2D eigenvalue weighted by atomic mass is 9.89. The third-order valence-electron chi connectivity index (χ3n) is 5.58. The fourth-order valence-corrected chi connectivity index (χ4v) is 3.97. The molecular formula is C20H37N3O3. The Morgan fingerprint density at radius 1 is 1.23 bits per heavy atom. The van der Waals surface area contributed by atoms with Gasteiger partial charge in [-0.15, -0.1) is 0 Å². The van der Waals surface area contributed by atoms with Crippen LogP contribution in [0.5, 0.6) is 0 Å². The SMILES string of the molecule is CC[C@H]1CCCCN1CCNC(=O)[C@@]1(C)CCN(C(=O)OC(C)(C)C)C1. The van der Waals surface area contributed by atoms with Gasteiger partial charge in [0.1, 0.15) is 5.60 Å². The van der Waals surface area contributed by atoms with Crippen LogP contribution in [0.2, 0.25) is 0 Å². The molecule has 0 aliphatic carbocycles. The fourth-order valence-electron chi connectivity index (χ4n) is 3.97. The molecular weight excluding hydrogens is 330 g/mol. The molecule has 0 aromatic carbocycles. The zero-order valence-corrected chi connectivity index (χ0v) is 17.3. The maximum absolute atomic E-state index is 12.7. The van der Waals surface area contributed by atoms with Gasteiger partial charge in [-0.2, -0.15) is 0 Å². The first kappa shape index (κ1) is 21.0. The van der Waals surface area contributed by atoms with E-state index in [0.29, 0.717) is 32.1 Å². The molecule has 0 bridgehead atoms. The van der Waals surface area contributed by atoms with Crippen LogP contribution in [0, 0.1) is 5.41 Å². The predicted octanol–water partition coefficient (Wildman–Crippen LogP) is 3.01. The Labute approximate surface area is 158 Å². The molecule has 26 heavy (non-hydrogen) atoms. The highest BCUT2D eigenvalue weighted by Gasteiger charge is 2.43. The minimum atomic E-state index is -0.525. The van der Waals surface area contributed by atoms with Crippen LogP contribution < -0.4 is 5.32 Å². The van der Waals surface area contributed by atoms with Gasteiger partial charge in [0.2, 0.25) is 5.91 Å². The summed E-state index contributed by atoms with van der Waals surface area (Å²) in [6.07, 6.45) is 5.38. The minimum Gasteiger partial charge on any atom is -0.444 e. The van der Waals surface area contributed by atoms with E-state index in [1.165, 1.54) is 25.7 Å². The highest BCUT2D eigenvalue weighted by molar-refractivity contribution is 5.84. The van der Waals surface area contributed by atoms with Crippen LogP contribution in [-0.4, -0.2) is 66.2 Å². The smallest absolute Gasteiger partial charge is 0.410 e. The Balaban J connectivity index is 1.79. The van der Waals surface area contributed by atoms with Crippen molar-refractivity contribution in [2.24, 2.45) is 5.41 Å². The summed E-state index contributed by atoms with van der Waals surface area (Å²) in [6, 6.07) is 0.658. The zero-order chi connectivity index (χ0) is 19.4. The predicted molar refractivity (Wildman–Crippen MR) is 103 cm³/mol. The molecule has 0 aromatic rings. The molecule has 1 N–H and O–H groups in total. The van der Waals surface area contributed by atoms with Crippen molar-refractivity contribution in [3.63, 3.8) is 0 Å². The number of piperidine rings is 1. The zero-order valence-electron chi connectivity index (χ0n) is 17.3. The summed E-state index contributed by atoms with van der Waals surface area (Å²) in [5.74, 6) is 0.0496. The molecule has 2 fully saturated rings. The van der Waals surface area contributed by atoms with E-state index >= 15 is 0 Å². The second-order valence-electron chi connectivity index (χ2n) is 9.06. The standard InChI is InChI=1S/C20H37N3O3/c1-6-16-9-7-8-12-22(16)14-11-21-17(24)20(5)10-13-23(15-20)18(25)26-19(2,3)4/h16H,6-15H2,1-5H3,(H,21,24)/t16-,20-/m0/s1. The van der Waals surface area contributed by atoms with Crippen molar-refractivity contribution in [2.45, 2.75) is 78.4 Å². The molecule has 6 heteroatoms. The molecule has 150 valence electrons. The van der Waals surface area contributed by atoms with Gasteiger partial charge in [0.25, 0.3) is 0 Å².